The molecule has 0 aromatic carbocycles. The summed E-state index contributed by atoms with van der Waals surface area (Å²) in [6.45, 7) is 1.98. The van der Waals surface area contributed by atoms with Gasteiger partial charge >= 0.3 is 6.09 Å². The van der Waals surface area contributed by atoms with Crippen LogP contribution in [0.15, 0.2) is 0 Å². The highest BCUT2D eigenvalue weighted by Crippen LogP contribution is 2.34. The van der Waals surface area contributed by atoms with Crippen LogP contribution in [0, 0.1) is 0 Å². The van der Waals surface area contributed by atoms with E-state index in [4.69, 9.17) is 4.74 Å². The molecule has 0 bridgehead atoms. The van der Waals surface area contributed by atoms with Crippen molar-refractivity contribution >= 4 is 6.09 Å². The Hall–Kier alpha value is -0.770. The fourth-order valence-corrected chi connectivity index (χ4v) is 3.16. The zero-order chi connectivity index (χ0) is 10.3. The van der Waals surface area contributed by atoms with E-state index in [1.807, 2.05) is 4.90 Å². The van der Waals surface area contributed by atoms with Crippen LogP contribution in [0.4, 0.5) is 4.79 Å². The van der Waals surface area contributed by atoms with Gasteiger partial charge in [0.05, 0.1) is 6.04 Å². The Kier molecular flexibility index (Phi) is 2.31. The average Bonchev–Trinajstić information content (AvgIpc) is 2.82. The Morgan fingerprint density at radius 1 is 1.27 bits per heavy atom. The van der Waals surface area contributed by atoms with Gasteiger partial charge in [-0.2, -0.15) is 0 Å². The van der Waals surface area contributed by atoms with Crippen molar-refractivity contribution in [2.24, 2.45) is 0 Å². The Morgan fingerprint density at radius 3 is 2.93 bits per heavy atom. The fraction of sp³-hybridized carbons (Fsp3) is 0.909. The Morgan fingerprint density at radius 2 is 2.13 bits per heavy atom. The summed E-state index contributed by atoms with van der Waals surface area (Å²) in [4.78, 5) is 13.8. The second kappa shape index (κ2) is 3.67. The van der Waals surface area contributed by atoms with E-state index in [1.54, 1.807) is 0 Å². The van der Waals surface area contributed by atoms with Gasteiger partial charge in [0.25, 0.3) is 0 Å². The smallest absolute Gasteiger partial charge is 0.410 e. The lowest BCUT2D eigenvalue weighted by molar-refractivity contribution is 0.113. The van der Waals surface area contributed by atoms with Gasteiger partial charge < -0.3 is 10.1 Å². The standard InChI is InChI=1S/C11H18N2O2/c14-11-13(8-5-6-12-7-8)9-3-1-2-4-10(9)15-11/h8-10,12H,1-7H2. The number of amides is 1. The number of rotatable bonds is 1. The molecule has 3 aliphatic rings. The van der Waals surface area contributed by atoms with Crippen LogP contribution >= 0.6 is 0 Å². The molecule has 2 saturated heterocycles. The minimum Gasteiger partial charge on any atom is -0.444 e. The molecular formula is C11H18N2O2. The minimum atomic E-state index is -0.0689. The third-order valence-electron chi connectivity index (χ3n) is 3.92. The first-order valence-electron chi connectivity index (χ1n) is 6.06. The maximum atomic E-state index is 11.8. The monoisotopic (exact) mass is 210 g/mol. The molecule has 0 aromatic rings. The summed E-state index contributed by atoms with van der Waals surface area (Å²) in [5.41, 5.74) is 0. The summed E-state index contributed by atoms with van der Waals surface area (Å²) >= 11 is 0. The van der Waals surface area contributed by atoms with Crippen LogP contribution in [0.1, 0.15) is 32.1 Å². The second-order valence-electron chi connectivity index (χ2n) is 4.83. The first kappa shape index (κ1) is 9.46. The summed E-state index contributed by atoms with van der Waals surface area (Å²) in [6, 6.07) is 0.752. The van der Waals surface area contributed by atoms with Crippen LogP contribution in [0.2, 0.25) is 0 Å². The van der Waals surface area contributed by atoms with Gasteiger partial charge in [0, 0.05) is 12.6 Å². The number of nitrogens with one attached hydrogen (secondary N) is 1. The van der Waals surface area contributed by atoms with Crippen molar-refractivity contribution in [3.8, 4) is 0 Å². The molecule has 15 heavy (non-hydrogen) atoms. The van der Waals surface area contributed by atoms with Crippen molar-refractivity contribution in [3.05, 3.63) is 0 Å². The second-order valence-corrected chi connectivity index (χ2v) is 4.83. The molecule has 0 radical (unpaired) electrons. The van der Waals surface area contributed by atoms with Crippen molar-refractivity contribution < 1.29 is 9.53 Å². The quantitative estimate of drug-likeness (QED) is 0.705. The maximum Gasteiger partial charge on any atom is 0.410 e. The van der Waals surface area contributed by atoms with Crippen LogP contribution in [0.3, 0.4) is 0 Å². The van der Waals surface area contributed by atoms with E-state index in [0.717, 1.165) is 32.4 Å². The van der Waals surface area contributed by atoms with Gasteiger partial charge in [-0.25, -0.2) is 4.79 Å². The number of ether oxygens (including phenoxy) is 1. The molecule has 3 atom stereocenters. The topological polar surface area (TPSA) is 41.6 Å². The van der Waals surface area contributed by atoms with E-state index in [9.17, 15) is 4.79 Å². The number of carbonyl (C=O) groups is 1. The van der Waals surface area contributed by atoms with Crippen LogP contribution in [-0.4, -0.2) is 42.3 Å². The molecule has 1 saturated carbocycles. The molecule has 0 spiro atoms. The molecular weight excluding hydrogens is 192 g/mol. The van der Waals surface area contributed by atoms with Gasteiger partial charge in [0.15, 0.2) is 0 Å². The summed E-state index contributed by atoms with van der Waals surface area (Å²) in [5.74, 6) is 0. The zero-order valence-corrected chi connectivity index (χ0v) is 8.95. The lowest BCUT2D eigenvalue weighted by atomic mass is 9.91. The molecule has 4 heteroatoms. The highest BCUT2D eigenvalue weighted by atomic mass is 16.6. The zero-order valence-electron chi connectivity index (χ0n) is 8.95. The van der Waals surface area contributed by atoms with E-state index in [0.29, 0.717) is 12.1 Å². The fourth-order valence-electron chi connectivity index (χ4n) is 3.16. The summed E-state index contributed by atoms with van der Waals surface area (Å²) in [5, 5.41) is 3.32. The van der Waals surface area contributed by atoms with Gasteiger partial charge in [0.1, 0.15) is 6.10 Å². The maximum absolute atomic E-state index is 11.8. The molecule has 2 aliphatic heterocycles. The number of fused-ring (bicyclic) bond motifs is 1. The van der Waals surface area contributed by atoms with E-state index in [1.165, 1.54) is 12.8 Å². The first-order valence-corrected chi connectivity index (χ1v) is 6.06. The van der Waals surface area contributed by atoms with Crippen LogP contribution in [0.5, 0.6) is 0 Å². The number of hydrogen-bond donors (Lipinski definition) is 1. The minimum absolute atomic E-state index is 0.0689. The SMILES string of the molecule is O=C1OC2CCCCC2N1C1CCNC1. The van der Waals surface area contributed by atoms with Crippen molar-refractivity contribution in [2.75, 3.05) is 13.1 Å². The molecule has 1 amide bonds. The van der Waals surface area contributed by atoms with E-state index >= 15 is 0 Å². The summed E-state index contributed by atoms with van der Waals surface area (Å²) in [7, 11) is 0. The van der Waals surface area contributed by atoms with Crippen LogP contribution in [0.25, 0.3) is 0 Å². The normalized spacial score (nSPS) is 40.4. The summed E-state index contributed by atoms with van der Waals surface area (Å²) in [6.07, 6.45) is 5.85. The third-order valence-corrected chi connectivity index (χ3v) is 3.92. The number of nitrogens with zero attached hydrogens (tertiary/aromatic N) is 1. The molecule has 3 rings (SSSR count). The molecule has 0 aromatic heterocycles. The van der Waals surface area contributed by atoms with Gasteiger partial charge in [-0.3, -0.25) is 4.90 Å². The van der Waals surface area contributed by atoms with Gasteiger partial charge in [-0.15, -0.1) is 0 Å². The van der Waals surface area contributed by atoms with Crippen LogP contribution in [-0.2, 0) is 4.74 Å². The Balaban J connectivity index is 1.77. The molecule has 84 valence electrons. The highest BCUT2D eigenvalue weighted by molar-refractivity contribution is 5.71. The van der Waals surface area contributed by atoms with E-state index < -0.39 is 0 Å². The van der Waals surface area contributed by atoms with Crippen LogP contribution < -0.4 is 5.32 Å². The van der Waals surface area contributed by atoms with Gasteiger partial charge in [-0.05, 0) is 32.2 Å². The molecule has 1 aliphatic carbocycles. The predicted molar refractivity (Wildman–Crippen MR) is 55.6 cm³/mol. The van der Waals surface area contributed by atoms with E-state index in [2.05, 4.69) is 5.32 Å². The molecule has 1 N–H and O–H groups in total. The molecule has 3 fully saturated rings. The lowest BCUT2D eigenvalue weighted by Crippen LogP contribution is -2.45. The molecule has 4 nitrogen and oxygen atoms in total. The average molecular weight is 210 g/mol. The number of carbonyl (C=O) groups excluding carboxylic acids is 1. The predicted octanol–water partition coefficient (Wildman–Crippen LogP) is 1.11. The first-order chi connectivity index (χ1) is 7.36. The number of hydrogen-bond acceptors (Lipinski definition) is 3. The third kappa shape index (κ3) is 1.51. The lowest BCUT2D eigenvalue weighted by Gasteiger charge is -2.31. The molecule has 2 heterocycles. The van der Waals surface area contributed by atoms with Gasteiger partial charge in [0.2, 0.25) is 0 Å². The highest BCUT2D eigenvalue weighted by Gasteiger charge is 2.46. The van der Waals surface area contributed by atoms with Crippen molar-refractivity contribution in [3.63, 3.8) is 0 Å². The van der Waals surface area contributed by atoms with E-state index in [-0.39, 0.29) is 12.2 Å². The van der Waals surface area contributed by atoms with Gasteiger partial charge in [-0.1, -0.05) is 6.42 Å². The Bertz CT molecular complexity index is 263. The Labute approximate surface area is 90.0 Å². The molecule has 3 unspecified atom stereocenters. The van der Waals surface area contributed by atoms with Crippen molar-refractivity contribution in [1.29, 1.82) is 0 Å². The summed E-state index contributed by atoms with van der Waals surface area (Å²) < 4.78 is 5.45. The largest absolute Gasteiger partial charge is 0.444 e. The van der Waals surface area contributed by atoms with Crippen molar-refractivity contribution in [1.82, 2.24) is 10.2 Å². The van der Waals surface area contributed by atoms with Crippen molar-refractivity contribution in [2.45, 2.75) is 50.3 Å².